The van der Waals surface area contributed by atoms with E-state index in [2.05, 4.69) is 19.1 Å². The van der Waals surface area contributed by atoms with Crippen LogP contribution in [-0.4, -0.2) is 52.0 Å². The van der Waals surface area contributed by atoms with Gasteiger partial charge in [0.25, 0.3) is 0 Å². The molecule has 3 aromatic carbocycles. The molecule has 0 bridgehead atoms. The summed E-state index contributed by atoms with van der Waals surface area (Å²) < 4.78 is 37.9. The third-order valence-electron chi connectivity index (χ3n) is 6.20. The van der Waals surface area contributed by atoms with Crippen molar-refractivity contribution in [3.05, 3.63) is 83.9 Å². The number of aryl methyl sites for hydroxylation is 1. The van der Waals surface area contributed by atoms with Gasteiger partial charge in [0.2, 0.25) is 22.2 Å². The van der Waals surface area contributed by atoms with E-state index < -0.39 is 16.1 Å². The van der Waals surface area contributed by atoms with Gasteiger partial charge in [-0.05, 0) is 36.2 Å². The van der Waals surface area contributed by atoms with Gasteiger partial charge in [-0.2, -0.15) is 18.3 Å². The van der Waals surface area contributed by atoms with Crippen LogP contribution in [0, 0.1) is 18.4 Å². The summed E-state index contributed by atoms with van der Waals surface area (Å²) in [6.45, 7) is 2.84. The highest BCUT2D eigenvalue weighted by Crippen LogP contribution is 2.34. The van der Waals surface area contributed by atoms with Gasteiger partial charge in [0, 0.05) is 25.3 Å². The van der Waals surface area contributed by atoms with Gasteiger partial charge in [0.1, 0.15) is 15.9 Å². The summed E-state index contributed by atoms with van der Waals surface area (Å²) in [5.41, 5.74) is 3.63. The number of sulfonamides is 1. The standard InChI is InChI=1S/C25H23N7O2S2/c1-18-8-5-6-11-20(18)28-25(27-17-26)31-14-15-32(22(16-31)19-9-3-2-4-10-19)36(33,34)23-13-7-12-21-24(23)30-35-29-21/h2-13,22H,14-16H2,1H3,(H,27,28). The Bertz CT molecular complexity index is 1560. The van der Waals surface area contributed by atoms with E-state index in [9.17, 15) is 13.7 Å². The first-order valence-corrected chi connectivity index (χ1v) is 13.5. The van der Waals surface area contributed by atoms with Crippen molar-refractivity contribution in [1.82, 2.24) is 18.0 Å². The van der Waals surface area contributed by atoms with Gasteiger partial charge in [-0.25, -0.2) is 8.42 Å². The fourth-order valence-corrected chi connectivity index (χ4v) is 6.72. The average Bonchev–Trinajstić information content (AvgIpc) is 3.39. The van der Waals surface area contributed by atoms with Crippen molar-refractivity contribution in [1.29, 1.82) is 5.26 Å². The van der Waals surface area contributed by atoms with Crippen molar-refractivity contribution in [3.8, 4) is 6.19 Å². The minimum Gasteiger partial charge on any atom is -0.339 e. The second kappa shape index (κ2) is 10.0. The van der Waals surface area contributed by atoms with Crippen molar-refractivity contribution in [3.63, 3.8) is 0 Å². The molecule has 1 fully saturated rings. The number of guanidine groups is 1. The number of nitriles is 1. The van der Waals surface area contributed by atoms with Crippen molar-refractivity contribution in [2.24, 2.45) is 4.99 Å². The molecule has 11 heteroatoms. The van der Waals surface area contributed by atoms with Gasteiger partial charge in [0.15, 0.2) is 0 Å². The lowest BCUT2D eigenvalue weighted by molar-refractivity contribution is 0.194. The van der Waals surface area contributed by atoms with E-state index in [1.165, 1.54) is 4.31 Å². The van der Waals surface area contributed by atoms with Crippen molar-refractivity contribution in [2.45, 2.75) is 17.9 Å². The molecule has 2 heterocycles. The third kappa shape index (κ3) is 4.54. The maximum absolute atomic E-state index is 14.0. The molecule has 1 atom stereocenters. The minimum atomic E-state index is -3.90. The molecule has 1 N–H and O–H groups in total. The van der Waals surface area contributed by atoms with E-state index >= 15 is 0 Å². The number of piperazine rings is 1. The molecule has 182 valence electrons. The predicted molar refractivity (Wildman–Crippen MR) is 140 cm³/mol. The molecule has 0 saturated carbocycles. The number of anilines is 1. The van der Waals surface area contributed by atoms with E-state index in [4.69, 9.17) is 0 Å². The summed E-state index contributed by atoms with van der Waals surface area (Å²) in [7, 11) is -3.90. The van der Waals surface area contributed by atoms with Crippen molar-refractivity contribution >= 4 is 44.4 Å². The molecule has 0 aliphatic carbocycles. The Morgan fingerprint density at radius 2 is 1.83 bits per heavy atom. The Morgan fingerprint density at radius 3 is 2.61 bits per heavy atom. The topological polar surface area (TPSA) is 115 Å². The highest BCUT2D eigenvalue weighted by Gasteiger charge is 2.39. The zero-order valence-corrected chi connectivity index (χ0v) is 21.1. The van der Waals surface area contributed by atoms with Gasteiger partial charge in [-0.15, -0.1) is 4.99 Å². The van der Waals surface area contributed by atoms with E-state index in [-0.39, 0.29) is 11.4 Å². The van der Waals surface area contributed by atoms with Crippen molar-refractivity contribution < 1.29 is 8.42 Å². The van der Waals surface area contributed by atoms with Crippen LogP contribution < -0.4 is 5.32 Å². The van der Waals surface area contributed by atoms with E-state index in [0.29, 0.717) is 30.1 Å². The molecule has 1 unspecified atom stereocenters. The quantitative estimate of drug-likeness (QED) is 0.247. The van der Waals surface area contributed by atoms with Crippen LogP contribution in [0.3, 0.4) is 0 Å². The number of benzene rings is 3. The first-order chi connectivity index (χ1) is 17.5. The highest BCUT2D eigenvalue weighted by molar-refractivity contribution is 7.89. The molecule has 0 amide bonds. The maximum Gasteiger partial charge on any atom is 0.246 e. The Hall–Kier alpha value is -3.85. The zero-order chi connectivity index (χ0) is 25.1. The lowest BCUT2D eigenvalue weighted by atomic mass is 10.0. The molecule has 4 aromatic rings. The summed E-state index contributed by atoms with van der Waals surface area (Å²) in [5.74, 6) is 0.385. The molecule has 1 saturated heterocycles. The zero-order valence-electron chi connectivity index (χ0n) is 19.4. The largest absolute Gasteiger partial charge is 0.339 e. The summed E-state index contributed by atoms with van der Waals surface area (Å²) in [5, 5.41) is 12.6. The van der Waals surface area contributed by atoms with Crippen LogP contribution in [0.15, 0.2) is 82.7 Å². The van der Waals surface area contributed by atoms with Gasteiger partial charge < -0.3 is 10.2 Å². The fraction of sp³-hybridized carbons (Fsp3) is 0.200. The second-order valence-corrected chi connectivity index (χ2v) is 10.7. The van der Waals surface area contributed by atoms with Crippen LogP contribution in [0.25, 0.3) is 11.0 Å². The first kappa shape index (κ1) is 23.9. The Balaban J connectivity index is 1.52. The maximum atomic E-state index is 14.0. The van der Waals surface area contributed by atoms with E-state index in [1.807, 2.05) is 72.6 Å². The number of rotatable bonds is 4. The molecule has 1 aliphatic rings. The van der Waals surface area contributed by atoms with Crippen molar-refractivity contribution in [2.75, 3.05) is 25.0 Å². The number of fused-ring (bicyclic) bond motifs is 1. The number of para-hydroxylation sites is 1. The highest BCUT2D eigenvalue weighted by atomic mass is 32.2. The number of nitrogens with one attached hydrogen (secondary N) is 1. The lowest BCUT2D eigenvalue weighted by Crippen LogP contribution is -2.53. The first-order valence-electron chi connectivity index (χ1n) is 11.3. The molecule has 5 rings (SSSR count). The van der Waals surface area contributed by atoms with Gasteiger partial charge in [-0.3, -0.25) is 0 Å². The second-order valence-electron chi connectivity index (χ2n) is 8.35. The van der Waals surface area contributed by atoms with Gasteiger partial charge in [-0.1, -0.05) is 54.6 Å². The van der Waals surface area contributed by atoms with Crippen LogP contribution in [-0.2, 0) is 10.0 Å². The Labute approximate surface area is 213 Å². The Kier molecular flexibility index (Phi) is 6.65. The number of hydrogen-bond donors (Lipinski definition) is 1. The summed E-state index contributed by atoms with van der Waals surface area (Å²) in [6.07, 6.45) is 1.88. The summed E-state index contributed by atoms with van der Waals surface area (Å²) >= 11 is 0.993. The third-order valence-corrected chi connectivity index (χ3v) is 8.68. The number of nitrogens with zero attached hydrogens (tertiary/aromatic N) is 6. The summed E-state index contributed by atoms with van der Waals surface area (Å²) in [4.78, 5) is 6.11. The van der Waals surface area contributed by atoms with E-state index in [0.717, 1.165) is 28.5 Å². The van der Waals surface area contributed by atoms with Crippen LogP contribution in [0.2, 0.25) is 0 Å². The molecule has 0 spiro atoms. The summed E-state index contributed by atoms with van der Waals surface area (Å²) in [6, 6.07) is 21.8. The predicted octanol–water partition coefficient (Wildman–Crippen LogP) is 4.00. The van der Waals surface area contributed by atoms with Crippen LogP contribution in [0.4, 0.5) is 5.69 Å². The number of aromatic nitrogens is 2. The van der Waals surface area contributed by atoms with Crippen LogP contribution in [0.5, 0.6) is 0 Å². The molecule has 9 nitrogen and oxygen atoms in total. The molecule has 0 radical (unpaired) electrons. The van der Waals surface area contributed by atoms with Crippen LogP contribution in [0.1, 0.15) is 17.2 Å². The smallest absolute Gasteiger partial charge is 0.246 e. The number of aliphatic imine (C=N–C) groups is 1. The fourth-order valence-electron chi connectivity index (χ4n) is 4.37. The monoisotopic (exact) mass is 517 g/mol. The molecule has 1 aliphatic heterocycles. The van der Waals surface area contributed by atoms with Gasteiger partial charge in [0.05, 0.1) is 17.8 Å². The average molecular weight is 518 g/mol. The molecule has 1 aromatic heterocycles. The van der Waals surface area contributed by atoms with Crippen LogP contribution >= 0.6 is 11.7 Å². The molecular formula is C25H23N7O2S2. The molecular weight excluding hydrogens is 494 g/mol. The van der Waals surface area contributed by atoms with E-state index in [1.54, 1.807) is 18.2 Å². The Morgan fingerprint density at radius 1 is 1.06 bits per heavy atom. The minimum absolute atomic E-state index is 0.145. The number of hydrogen-bond acceptors (Lipinski definition) is 7. The molecule has 36 heavy (non-hydrogen) atoms. The SMILES string of the molecule is Cc1ccccc1N/C(=N\C#N)N1CCN(S(=O)(=O)c2cccc3nsnc23)C(c2ccccc2)C1. The lowest BCUT2D eigenvalue weighted by Gasteiger charge is -2.41. The van der Waals surface area contributed by atoms with Gasteiger partial charge >= 0.3 is 0 Å². The normalized spacial score (nSPS) is 17.2.